The Hall–Kier alpha value is -0.350. The number of phosphoric ester groups is 1. The first-order valence-corrected chi connectivity index (χ1v) is 8.61. The van der Waals surface area contributed by atoms with Gasteiger partial charge in [-0.3, -0.25) is 9.32 Å². The van der Waals surface area contributed by atoms with E-state index in [1.54, 1.807) is 0 Å². The third-order valence-corrected chi connectivity index (χ3v) is 4.31. The molecule has 21 heavy (non-hydrogen) atoms. The van der Waals surface area contributed by atoms with E-state index >= 15 is 0 Å². The van der Waals surface area contributed by atoms with Gasteiger partial charge in [0.25, 0.3) is 0 Å². The van der Waals surface area contributed by atoms with E-state index in [1.165, 1.54) is 6.92 Å². The number of carboxylic acid groups (broad SMARTS) is 1. The Kier molecular flexibility index (Phi) is 7.64. The van der Waals surface area contributed by atoms with Gasteiger partial charge >= 0.3 is 21.6 Å². The van der Waals surface area contributed by atoms with Crippen LogP contribution in [0.2, 0.25) is 0 Å². The Morgan fingerprint density at radius 1 is 1.29 bits per heavy atom. The number of aliphatic hydroxyl groups excluding tert-OH is 1. The van der Waals surface area contributed by atoms with E-state index in [0.29, 0.717) is 0 Å². The molecule has 3 atom stereocenters. The van der Waals surface area contributed by atoms with Gasteiger partial charge in [0, 0.05) is 6.42 Å². The fourth-order valence-corrected chi connectivity index (χ4v) is 3.07. The molecule has 13 heteroatoms. The third kappa shape index (κ3) is 11.9. The average Bonchev–Trinajstić information content (AvgIpc) is 2.08. The molecule has 11 nitrogen and oxygen atoms in total. The zero-order valence-electron chi connectivity index (χ0n) is 11.0. The maximum atomic E-state index is 11.1. The molecular weight excluding hydrogens is 334 g/mol. The molecule has 0 rings (SSSR count). The summed E-state index contributed by atoms with van der Waals surface area (Å²) < 4.78 is 29.1. The molecule has 0 aliphatic carbocycles. The van der Waals surface area contributed by atoms with Crippen LogP contribution in [0.3, 0.4) is 0 Å². The molecule has 0 aliphatic heterocycles. The predicted octanol–water partition coefficient (Wildman–Crippen LogP) is -0.421. The Morgan fingerprint density at radius 2 is 1.81 bits per heavy atom. The van der Waals surface area contributed by atoms with Crippen molar-refractivity contribution in [3.8, 4) is 0 Å². The van der Waals surface area contributed by atoms with Crippen molar-refractivity contribution in [1.29, 1.82) is 0 Å². The molecular formula is C8H18O11P2. The highest BCUT2D eigenvalue weighted by atomic mass is 31.3. The summed E-state index contributed by atoms with van der Waals surface area (Å²) in [5.74, 6) is -1.27. The maximum absolute atomic E-state index is 11.1. The summed E-state index contributed by atoms with van der Waals surface area (Å²) in [7, 11) is -10.2. The molecule has 126 valence electrons. The molecule has 0 fully saturated rings. The minimum atomic E-state index is -5.21. The Balaban J connectivity index is 4.21. The van der Waals surface area contributed by atoms with Crippen molar-refractivity contribution in [3.63, 3.8) is 0 Å². The molecule has 0 amide bonds. The lowest BCUT2D eigenvalue weighted by molar-refractivity contribution is -0.142. The Bertz CT molecular complexity index is 442. The lowest BCUT2D eigenvalue weighted by Crippen LogP contribution is -2.33. The molecule has 0 aromatic rings. The van der Waals surface area contributed by atoms with E-state index in [-0.39, 0.29) is 12.8 Å². The standard InChI is InChI=1S/C8H18O11P2/c1-8(12,5-7(10)11)4-6(9)2-3-18-21(16,17)19-20(13,14)15/h6,9,12H,2-5H2,1H3,(H,10,11)(H,16,17)(H2,13,14,15). The summed E-state index contributed by atoms with van der Waals surface area (Å²) >= 11 is 0. The van der Waals surface area contributed by atoms with Crippen molar-refractivity contribution < 1.29 is 52.8 Å². The van der Waals surface area contributed by atoms with Gasteiger partial charge < -0.3 is 30.0 Å². The largest absolute Gasteiger partial charge is 0.481 e. The first-order valence-electron chi connectivity index (χ1n) is 5.59. The van der Waals surface area contributed by atoms with Gasteiger partial charge in [-0.05, 0) is 13.3 Å². The van der Waals surface area contributed by atoms with Crippen LogP contribution in [0.4, 0.5) is 0 Å². The predicted molar refractivity (Wildman–Crippen MR) is 67.0 cm³/mol. The van der Waals surface area contributed by atoms with Crippen LogP contribution >= 0.6 is 15.6 Å². The number of carbonyl (C=O) groups is 1. The van der Waals surface area contributed by atoms with Gasteiger partial charge in [0.1, 0.15) is 0 Å². The van der Waals surface area contributed by atoms with Crippen LogP contribution in [0.25, 0.3) is 0 Å². The van der Waals surface area contributed by atoms with Crippen LogP contribution in [0.5, 0.6) is 0 Å². The molecule has 0 bridgehead atoms. The van der Waals surface area contributed by atoms with E-state index in [4.69, 9.17) is 19.8 Å². The first kappa shape index (κ1) is 20.6. The molecule has 0 saturated heterocycles. The molecule has 0 aromatic carbocycles. The number of rotatable bonds is 10. The fraction of sp³-hybridized carbons (Fsp3) is 0.875. The van der Waals surface area contributed by atoms with E-state index in [9.17, 15) is 24.1 Å². The van der Waals surface area contributed by atoms with E-state index in [2.05, 4.69) is 8.83 Å². The van der Waals surface area contributed by atoms with Gasteiger partial charge in [0.05, 0.1) is 24.7 Å². The van der Waals surface area contributed by atoms with Crippen molar-refractivity contribution in [2.75, 3.05) is 6.61 Å². The van der Waals surface area contributed by atoms with Crippen LogP contribution in [0.15, 0.2) is 0 Å². The van der Waals surface area contributed by atoms with E-state index in [1.807, 2.05) is 0 Å². The zero-order valence-corrected chi connectivity index (χ0v) is 12.8. The van der Waals surface area contributed by atoms with Crippen molar-refractivity contribution in [2.45, 2.75) is 37.9 Å². The highest BCUT2D eigenvalue weighted by Crippen LogP contribution is 2.57. The van der Waals surface area contributed by atoms with Gasteiger partial charge in [-0.15, -0.1) is 0 Å². The molecule has 6 N–H and O–H groups in total. The van der Waals surface area contributed by atoms with Crippen molar-refractivity contribution in [2.24, 2.45) is 0 Å². The van der Waals surface area contributed by atoms with Crippen LogP contribution in [-0.2, 0) is 22.8 Å². The minimum Gasteiger partial charge on any atom is -0.481 e. The normalized spacial score (nSPS) is 19.5. The number of aliphatic hydroxyl groups is 2. The van der Waals surface area contributed by atoms with Gasteiger partial charge in [0.2, 0.25) is 0 Å². The highest BCUT2D eigenvalue weighted by molar-refractivity contribution is 7.60. The lowest BCUT2D eigenvalue weighted by atomic mass is 9.94. The summed E-state index contributed by atoms with van der Waals surface area (Å²) in [6.07, 6.45) is -2.48. The van der Waals surface area contributed by atoms with Gasteiger partial charge in [0.15, 0.2) is 0 Å². The average molecular weight is 352 g/mol. The Morgan fingerprint density at radius 3 is 2.24 bits per heavy atom. The molecule has 0 radical (unpaired) electrons. The highest BCUT2D eigenvalue weighted by Gasteiger charge is 2.33. The second-order valence-corrected chi connectivity index (χ2v) is 7.42. The number of carboxylic acids is 1. The minimum absolute atomic E-state index is 0.287. The molecule has 0 heterocycles. The summed E-state index contributed by atoms with van der Waals surface area (Å²) in [6.45, 7) is 0.594. The smallest absolute Gasteiger partial charge is 0.481 e. The number of hydrogen-bond donors (Lipinski definition) is 6. The quantitative estimate of drug-likeness (QED) is 0.280. The summed E-state index contributed by atoms with van der Waals surface area (Å²) in [4.78, 5) is 36.0. The van der Waals surface area contributed by atoms with Gasteiger partial charge in [-0.2, -0.15) is 4.31 Å². The zero-order chi connectivity index (χ0) is 16.9. The van der Waals surface area contributed by atoms with Crippen molar-refractivity contribution >= 4 is 21.6 Å². The van der Waals surface area contributed by atoms with Crippen LogP contribution in [0.1, 0.15) is 26.2 Å². The Labute approximate surface area is 120 Å². The molecule has 0 aliphatic rings. The number of phosphoric acid groups is 2. The van der Waals surface area contributed by atoms with Crippen LogP contribution in [0, 0.1) is 0 Å². The maximum Gasteiger partial charge on any atom is 0.481 e. The van der Waals surface area contributed by atoms with E-state index in [0.717, 1.165) is 0 Å². The number of aliphatic carboxylic acids is 1. The van der Waals surface area contributed by atoms with Crippen LogP contribution in [-0.4, -0.2) is 54.3 Å². The van der Waals surface area contributed by atoms with E-state index < -0.39 is 46.3 Å². The summed E-state index contributed by atoms with van der Waals surface area (Å²) in [5, 5.41) is 27.7. The van der Waals surface area contributed by atoms with Crippen molar-refractivity contribution in [3.05, 3.63) is 0 Å². The molecule has 3 unspecified atom stereocenters. The van der Waals surface area contributed by atoms with Crippen molar-refractivity contribution in [1.82, 2.24) is 0 Å². The SMILES string of the molecule is CC(O)(CC(=O)O)CC(O)CCOP(=O)(O)OP(=O)(O)O. The summed E-state index contributed by atoms with van der Waals surface area (Å²) in [6, 6.07) is 0. The molecule has 0 aromatic heterocycles. The van der Waals surface area contributed by atoms with Gasteiger partial charge in [-0.1, -0.05) is 0 Å². The monoisotopic (exact) mass is 352 g/mol. The third-order valence-electron chi connectivity index (χ3n) is 2.12. The topological polar surface area (TPSA) is 191 Å². The molecule has 0 spiro atoms. The van der Waals surface area contributed by atoms with Gasteiger partial charge in [-0.25, -0.2) is 9.13 Å². The first-order chi connectivity index (χ1) is 9.22. The lowest BCUT2D eigenvalue weighted by Gasteiger charge is -2.24. The number of hydrogen-bond acceptors (Lipinski definition) is 7. The molecule has 0 saturated carbocycles. The fourth-order valence-electron chi connectivity index (χ4n) is 1.47. The summed E-state index contributed by atoms with van der Waals surface area (Å²) in [5.41, 5.74) is -1.68. The van der Waals surface area contributed by atoms with Crippen LogP contribution < -0.4 is 0 Å². The second-order valence-electron chi connectivity index (χ2n) is 4.59. The second kappa shape index (κ2) is 7.77.